The Morgan fingerprint density at radius 3 is 2.75 bits per heavy atom. The summed E-state index contributed by atoms with van der Waals surface area (Å²) in [5, 5.41) is 0. The molecule has 86 valence electrons. The van der Waals surface area contributed by atoms with Gasteiger partial charge in [-0.2, -0.15) is 0 Å². The van der Waals surface area contributed by atoms with Gasteiger partial charge in [0.2, 0.25) is 0 Å². The molecule has 0 unspecified atom stereocenters. The van der Waals surface area contributed by atoms with Crippen LogP contribution in [0.2, 0.25) is 0 Å². The van der Waals surface area contributed by atoms with Crippen molar-refractivity contribution >= 4 is 11.5 Å². The van der Waals surface area contributed by atoms with Crippen molar-refractivity contribution < 1.29 is 9.63 Å². The summed E-state index contributed by atoms with van der Waals surface area (Å²) in [5.74, 6) is 0.353. The predicted molar refractivity (Wildman–Crippen MR) is 63.0 cm³/mol. The topological polar surface area (TPSA) is 38.3 Å². The lowest BCUT2D eigenvalue weighted by molar-refractivity contribution is -0.135. The van der Waals surface area contributed by atoms with Crippen LogP contribution in [0.4, 0.5) is 5.69 Å². The van der Waals surface area contributed by atoms with Crippen LogP contribution >= 0.6 is 0 Å². The zero-order chi connectivity index (χ0) is 11.4. The number of benzene rings is 1. The van der Waals surface area contributed by atoms with Crippen LogP contribution < -0.4 is 5.48 Å². The molecule has 16 heavy (non-hydrogen) atoms. The highest BCUT2D eigenvalue weighted by Gasteiger charge is 2.29. The minimum atomic E-state index is -0.288. The van der Waals surface area contributed by atoms with Gasteiger partial charge >= 0.3 is 0 Å². The van der Waals surface area contributed by atoms with Crippen LogP contribution in [0.25, 0.3) is 0 Å². The molecule has 3 heteroatoms. The maximum Gasteiger partial charge on any atom is 0.167 e. The molecule has 0 aromatic heterocycles. The molecule has 2 atom stereocenters. The van der Waals surface area contributed by atoms with Crippen LogP contribution in [0.3, 0.4) is 0 Å². The van der Waals surface area contributed by atoms with Gasteiger partial charge in [-0.15, -0.1) is 0 Å². The van der Waals surface area contributed by atoms with Crippen LogP contribution in [0, 0.1) is 5.92 Å². The molecule has 1 saturated carbocycles. The van der Waals surface area contributed by atoms with Crippen molar-refractivity contribution in [2.45, 2.75) is 32.3 Å². The third kappa shape index (κ3) is 2.61. The Morgan fingerprint density at radius 2 is 2.00 bits per heavy atom. The van der Waals surface area contributed by atoms with Gasteiger partial charge in [0.05, 0.1) is 5.69 Å². The van der Waals surface area contributed by atoms with Crippen molar-refractivity contribution in [2.24, 2.45) is 5.92 Å². The van der Waals surface area contributed by atoms with Gasteiger partial charge < -0.3 is 0 Å². The molecule has 0 spiro atoms. The summed E-state index contributed by atoms with van der Waals surface area (Å²) in [6.45, 7) is 1.97. The fourth-order valence-electron chi connectivity index (χ4n) is 1.97. The highest BCUT2D eigenvalue weighted by Crippen LogP contribution is 2.22. The zero-order valence-corrected chi connectivity index (χ0v) is 9.48. The third-order valence-electron chi connectivity index (χ3n) is 3.00. The molecule has 1 aliphatic carbocycles. The Hall–Kier alpha value is -1.35. The molecule has 0 saturated heterocycles. The molecule has 1 aromatic carbocycles. The van der Waals surface area contributed by atoms with Crippen LogP contribution in [0.1, 0.15) is 26.2 Å². The first-order valence-electron chi connectivity index (χ1n) is 5.78. The highest BCUT2D eigenvalue weighted by atomic mass is 16.7. The Kier molecular flexibility index (Phi) is 3.57. The van der Waals surface area contributed by atoms with E-state index in [2.05, 4.69) is 5.48 Å². The quantitative estimate of drug-likeness (QED) is 0.794. The standard InChI is InChI=1S/C13H17NO2/c1-10-6-5-9-12(13(10)15)16-14-11-7-3-2-4-8-11/h2-4,7-8,10,12,14H,5-6,9H2,1H3/t10-,12-/m1/s1. The molecular formula is C13H17NO2. The molecule has 1 fully saturated rings. The fourth-order valence-corrected chi connectivity index (χ4v) is 1.97. The van der Waals surface area contributed by atoms with Crippen LogP contribution in [0.5, 0.6) is 0 Å². The maximum atomic E-state index is 11.8. The number of carbonyl (C=O) groups is 1. The van der Waals surface area contributed by atoms with Crippen molar-refractivity contribution in [3.05, 3.63) is 30.3 Å². The fraction of sp³-hybridized carbons (Fsp3) is 0.462. The second kappa shape index (κ2) is 5.12. The smallest absolute Gasteiger partial charge is 0.167 e. The molecule has 0 heterocycles. The molecule has 1 aromatic rings. The Balaban J connectivity index is 1.88. The maximum absolute atomic E-state index is 11.8. The van der Waals surface area contributed by atoms with E-state index in [0.29, 0.717) is 0 Å². The number of hydrogen-bond acceptors (Lipinski definition) is 3. The number of rotatable bonds is 3. The number of nitrogens with one attached hydrogen (secondary N) is 1. The first kappa shape index (κ1) is 11.1. The summed E-state index contributed by atoms with van der Waals surface area (Å²) in [6.07, 6.45) is 2.59. The molecule has 1 N–H and O–H groups in total. The predicted octanol–water partition coefficient (Wildman–Crippen LogP) is 2.79. The first-order chi connectivity index (χ1) is 7.77. The van der Waals surface area contributed by atoms with E-state index in [9.17, 15) is 4.79 Å². The van der Waals surface area contributed by atoms with E-state index in [1.54, 1.807) is 0 Å². The van der Waals surface area contributed by atoms with E-state index in [1.165, 1.54) is 0 Å². The molecule has 0 aliphatic heterocycles. The summed E-state index contributed by atoms with van der Waals surface area (Å²) in [4.78, 5) is 17.2. The van der Waals surface area contributed by atoms with E-state index in [0.717, 1.165) is 24.9 Å². The van der Waals surface area contributed by atoms with Gasteiger partial charge in [-0.05, 0) is 31.4 Å². The average molecular weight is 219 g/mol. The molecule has 0 amide bonds. The number of para-hydroxylation sites is 1. The van der Waals surface area contributed by atoms with Crippen molar-refractivity contribution in [3.63, 3.8) is 0 Å². The van der Waals surface area contributed by atoms with E-state index >= 15 is 0 Å². The summed E-state index contributed by atoms with van der Waals surface area (Å²) in [7, 11) is 0. The van der Waals surface area contributed by atoms with Gasteiger partial charge in [0.15, 0.2) is 5.78 Å². The average Bonchev–Trinajstić information content (AvgIpc) is 2.32. The van der Waals surface area contributed by atoms with Gasteiger partial charge in [0.25, 0.3) is 0 Å². The normalized spacial score (nSPS) is 25.4. The molecule has 1 aliphatic rings. The molecular weight excluding hydrogens is 202 g/mol. The molecule has 0 radical (unpaired) electrons. The Labute approximate surface area is 95.8 Å². The summed E-state index contributed by atoms with van der Waals surface area (Å²) >= 11 is 0. The third-order valence-corrected chi connectivity index (χ3v) is 3.00. The molecule has 0 bridgehead atoms. The van der Waals surface area contributed by atoms with Crippen LogP contribution in [0.15, 0.2) is 30.3 Å². The zero-order valence-electron chi connectivity index (χ0n) is 9.48. The van der Waals surface area contributed by atoms with Crippen molar-refractivity contribution in [1.82, 2.24) is 0 Å². The Bertz CT molecular complexity index is 350. The van der Waals surface area contributed by atoms with Crippen molar-refractivity contribution in [1.29, 1.82) is 0 Å². The number of carbonyl (C=O) groups excluding carboxylic acids is 1. The summed E-state index contributed by atoms with van der Waals surface area (Å²) in [5.41, 5.74) is 3.73. The van der Waals surface area contributed by atoms with E-state index < -0.39 is 0 Å². The summed E-state index contributed by atoms with van der Waals surface area (Å²) < 4.78 is 0. The van der Waals surface area contributed by atoms with Gasteiger partial charge in [0, 0.05) is 5.92 Å². The number of hydrogen-bond donors (Lipinski definition) is 1. The lowest BCUT2D eigenvalue weighted by Gasteiger charge is -2.25. The number of anilines is 1. The van der Waals surface area contributed by atoms with E-state index in [-0.39, 0.29) is 17.8 Å². The lowest BCUT2D eigenvalue weighted by atomic mass is 9.87. The number of ketones is 1. The SMILES string of the molecule is C[C@@H]1CCC[C@@H](ONc2ccccc2)C1=O. The molecule has 2 rings (SSSR count). The van der Waals surface area contributed by atoms with E-state index in [4.69, 9.17) is 4.84 Å². The lowest BCUT2D eigenvalue weighted by Crippen LogP contribution is -2.34. The monoisotopic (exact) mass is 219 g/mol. The molecule has 3 nitrogen and oxygen atoms in total. The van der Waals surface area contributed by atoms with Crippen LogP contribution in [-0.4, -0.2) is 11.9 Å². The number of Topliss-reactive ketones (excluding diaryl/α,β-unsaturated/α-hetero) is 1. The highest BCUT2D eigenvalue weighted by molar-refractivity contribution is 5.85. The Morgan fingerprint density at radius 1 is 1.25 bits per heavy atom. The van der Waals surface area contributed by atoms with Crippen LogP contribution in [-0.2, 0) is 9.63 Å². The largest absolute Gasteiger partial charge is 0.296 e. The minimum absolute atomic E-state index is 0.135. The first-order valence-corrected chi connectivity index (χ1v) is 5.78. The summed E-state index contributed by atoms with van der Waals surface area (Å²) in [6, 6.07) is 9.63. The van der Waals surface area contributed by atoms with Gasteiger partial charge in [-0.1, -0.05) is 25.1 Å². The second-order valence-corrected chi connectivity index (χ2v) is 4.31. The van der Waals surface area contributed by atoms with Crippen molar-refractivity contribution in [2.75, 3.05) is 5.48 Å². The van der Waals surface area contributed by atoms with E-state index in [1.807, 2.05) is 37.3 Å². The van der Waals surface area contributed by atoms with Gasteiger partial charge in [0.1, 0.15) is 6.10 Å². The van der Waals surface area contributed by atoms with Gasteiger partial charge in [-0.25, -0.2) is 0 Å². The second-order valence-electron chi connectivity index (χ2n) is 4.31. The van der Waals surface area contributed by atoms with Crippen molar-refractivity contribution in [3.8, 4) is 0 Å². The minimum Gasteiger partial charge on any atom is -0.296 e. The van der Waals surface area contributed by atoms with Gasteiger partial charge in [-0.3, -0.25) is 15.1 Å².